The average Bonchev–Trinajstić information content (AvgIpc) is 2.15. The number of halogens is 3. The fourth-order valence-corrected chi connectivity index (χ4v) is 1.23. The number of nitro groups is 1. The summed E-state index contributed by atoms with van der Waals surface area (Å²) in [6, 6.07) is 1.30. The molecule has 0 unspecified atom stereocenters. The highest BCUT2D eigenvalue weighted by Crippen LogP contribution is 2.34. The fraction of sp³-hybridized carbons (Fsp3) is 0.222. The largest absolute Gasteiger partial charge is 0.427 e. The molecular formula is C9H6F3NO4. The van der Waals surface area contributed by atoms with Crippen molar-refractivity contribution in [2.75, 3.05) is 0 Å². The van der Waals surface area contributed by atoms with Crippen LogP contribution in [0.2, 0.25) is 0 Å². The minimum absolute atomic E-state index is 0.646. The van der Waals surface area contributed by atoms with Gasteiger partial charge in [0, 0.05) is 6.07 Å². The van der Waals surface area contributed by atoms with Gasteiger partial charge in [-0.2, -0.15) is 8.78 Å². The molecule has 0 aromatic heterocycles. The van der Waals surface area contributed by atoms with Gasteiger partial charge in [-0.15, -0.1) is 0 Å². The van der Waals surface area contributed by atoms with E-state index in [1.54, 1.807) is 0 Å². The van der Waals surface area contributed by atoms with Crippen molar-refractivity contribution in [2.24, 2.45) is 0 Å². The average molecular weight is 249 g/mol. The van der Waals surface area contributed by atoms with E-state index in [4.69, 9.17) is 0 Å². The summed E-state index contributed by atoms with van der Waals surface area (Å²) in [7, 11) is 0. The van der Waals surface area contributed by atoms with Gasteiger partial charge in [-0.25, -0.2) is 4.39 Å². The van der Waals surface area contributed by atoms with Crippen molar-refractivity contribution in [3.63, 3.8) is 0 Å². The zero-order valence-electron chi connectivity index (χ0n) is 8.45. The normalized spacial score (nSPS) is 10.4. The first-order valence-corrected chi connectivity index (χ1v) is 4.27. The summed E-state index contributed by atoms with van der Waals surface area (Å²) in [5, 5.41) is 10.5. The van der Waals surface area contributed by atoms with E-state index >= 15 is 0 Å². The van der Waals surface area contributed by atoms with E-state index in [1.807, 2.05) is 0 Å². The van der Waals surface area contributed by atoms with Gasteiger partial charge < -0.3 is 4.74 Å². The van der Waals surface area contributed by atoms with Crippen LogP contribution in [0.25, 0.3) is 0 Å². The third kappa shape index (κ3) is 2.71. The van der Waals surface area contributed by atoms with Gasteiger partial charge in [-0.05, 0) is 13.0 Å². The molecule has 0 fully saturated rings. The number of nitrogens with zero attached hydrogens (tertiary/aromatic N) is 1. The van der Waals surface area contributed by atoms with Gasteiger partial charge >= 0.3 is 12.3 Å². The Kier molecular flexibility index (Phi) is 3.66. The number of hydrogen-bond donors (Lipinski definition) is 0. The van der Waals surface area contributed by atoms with Gasteiger partial charge in [-0.1, -0.05) is 0 Å². The maximum Gasteiger partial charge on any atom is 0.387 e. The van der Waals surface area contributed by atoms with Crippen LogP contribution < -0.4 is 4.74 Å². The molecule has 92 valence electrons. The lowest BCUT2D eigenvalue weighted by molar-refractivity contribution is -0.386. The predicted molar refractivity (Wildman–Crippen MR) is 49.7 cm³/mol. The number of ether oxygens (including phenoxy) is 1. The molecule has 0 radical (unpaired) electrons. The SMILES string of the molecule is CC(=O)c1c(F)ccc([N+](=O)[O-])c1OC(F)F. The zero-order chi connectivity index (χ0) is 13.2. The third-order valence-corrected chi connectivity index (χ3v) is 1.84. The number of hydrogen-bond acceptors (Lipinski definition) is 4. The van der Waals surface area contributed by atoms with Crippen molar-refractivity contribution in [3.05, 3.63) is 33.6 Å². The molecule has 0 aliphatic rings. The number of Topliss-reactive ketones (excluding diaryl/α,β-unsaturated/α-hetero) is 1. The van der Waals surface area contributed by atoms with Crippen LogP contribution in [0.4, 0.5) is 18.9 Å². The van der Waals surface area contributed by atoms with Crippen molar-refractivity contribution in [3.8, 4) is 5.75 Å². The van der Waals surface area contributed by atoms with Crippen LogP contribution in [-0.4, -0.2) is 17.3 Å². The first kappa shape index (κ1) is 12.9. The molecule has 0 bridgehead atoms. The maximum absolute atomic E-state index is 13.2. The number of alkyl halides is 2. The van der Waals surface area contributed by atoms with Gasteiger partial charge in [0.05, 0.1) is 4.92 Å². The van der Waals surface area contributed by atoms with Crippen LogP contribution in [-0.2, 0) is 0 Å². The van der Waals surface area contributed by atoms with E-state index in [2.05, 4.69) is 4.74 Å². The van der Waals surface area contributed by atoms with Gasteiger partial charge in [-0.3, -0.25) is 14.9 Å². The molecule has 0 N–H and O–H groups in total. The van der Waals surface area contributed by atoms with Crippen LogP contribution in [0.3, 0.4) is 0 Å². The molecule has 1 aromatic rings. The van der Waals surface area contributed by atoms with Gasteiger partial charge in [0.1, 0.15) is 11.4 Å². The highest BCUT2D eigenvalue weighted by Gasteiger charge is 2.27. The first-order valence-electron chi connectivity index (χ1n) is 4.27. The van der Waals surface area contributed by atoms with Crippen LogP contribution in [0, 0.1) is 15.9 Å². The number of rotatable bonds is 4. The molecule has 0 amide bonds. The lowest BCUT2D eigenvalue weighted by Gasteiger charge is -2.09. The second-order valence-corrected chi connectivity index (χ2v) is 2.96. The molecule has 0 heterocycles. The molecule has 0 spiro atoms. The van der Waals surface area contributed by atoms with Crippen molar-refractivity contribution in [2.45, 2.75) is 13.5 Å². The zero-order valence-corrected chi connectivity index (χ0v) is 8.45. The molecule has 0 saturated heterocycles. The Labute approximate surface area is 93.0 Å². The highest BCUT2D eigenvalue weighted by molar-refractivity contribution is 5.98. The summed E-state index contributed by atoms with van der Waals surface area (Å²) in [5.41, 5.74) is -1.75. The van der Waals surface area contributed by atoms with E-state index in [0.717, 1.165) is 6.92 Å². The third-order valence-electron chi connectivity index (χ3n) is 1.84. The Balaban J connectivity index is 3.49. The van der Waals surface area contributed by atoms with Crippen LogP contribution in [0.1, 0.15) is 17.3 Å². The predicted octanol–water partition coefficient (Wildman–Crippen LogP) is 2.54. The Morgan fingerprint density at radius 2 is 2.06 bits per heavy atom. The summed E-state index contributed by atoms with van der Waals surface area (Å²) in [5.74, 6) is -3.15. The van der Waals surface area contributed by atoms with E-state index in [-0.39, 0.29) is 0 Å². The number of ketones is 1. The molecule has 17 heavy (non-hydrogen) atoms. The van der Waals surface area contributed by atoms with Crippen molar-refractivity contribution >= 4 is 11.5 Å². The summed E-state index contributed by atoms with van der Waals surface area (Å²) in [6.45, 7) is -2.51. The van der Waals surface area contributed by atoms with Crippen molar-refractivity contribution in [1.29, 1.82) is 0 Å². The second-order valence-electron chi connectivity index (χ2n) is 2.96. The molecule has 0 atom stereocenters. The number of carbonyl (C=O) groups excluding carboxylic acids is 1. The molecule has 1 rings (SSSR count). The standard InChI is InChI=1S/C9H6F3NO4/c1-4(14)7-5(10)2-3-6(13(15)16)8(7)17-9(11)12/h2-3,9H,1H3. The van der Waals surface area contributed by atoms with E-state index in [0.29, 0.717) is 12.1 Å². The van der Waals surface area contributed by atoms with Crippen molar-refractivity contribution < 1.29 is 27.6 Å². The van der Waals surface area contributed by atoms with E-state index in [1.165, 1.54) is 0 Å². The molecule has 1 aromatic carbocycles. The molecule has 0 aliphatic carbocycles. The Morgan fingerprint density at radius 1 is 1.47 bits per heavy atom. The Hall–Kier alpha value is -2.12. The number of nitro benzene ring substituents is 1. The summed E-state index contributed by atoms with van der Waals surface area (Å²) >= 11 is 0. The maximum atomic E-state index is 13.2. The molecule has 5 nitrogen and oxygen atoms in total. The quantitative estimate of drug-likeness (QED) is 0.467. The van der Waals surface area contributed by atoms with E-state index in [9.17, 15) is 28.1 Å². The van der Waals surface area contributed by atoms with Gasteiger partial charge in [0.25, 0.3) is 0 Å². The van der Waals surface area contributed by atoms with E-state index < -0.39 is 40.1 Å². The first-order chi connectivity index (χ1) is 7.84. The van der Waals surface area contributed by atoms with Crippen LogP contribution >= 0.6 is 0 Å². The lowest BCUT2D eigenvalue weighted by atomic mass is 10.1. The molecular weight excluding hydrogens is 243 g/mol. The Bertz CT molecular complexity index is 476. The highest BCUT2D eigenvalue weighted by atomic mass is 19.3. The molecule has 8 heteroatoms. The summed E-state index contributed by atoms with van der Waals surface area (Å²) < 4.78 is 41.2. The Morgan fingerprint density at radius 3 is 2.47 bits per heavy atom. The number of carbonyl (C=O) groups is 1. The topological polar surface area (TPSA) is 69.4 Å². The molecule has 0 aliphatic heterocycles. The van der Waals surface area contributed by atoms with Crippen LogP contribution in [0.5, 0.6) is 5.75 Å². The molecule has 0 saturated carbocycles. The van der Waals surface area contributed by atoms with Gasteiger partial charge in [0.15, 0.2) is 5.78 Å². The summed E-state index contributed by atoms with van der Waals surface area (Å²) in [6.07, 6.45) is 0. The van der Waals surface area contributed by atoms with Crippen LogP contribution in [0.15, 0.2) is 12.1 Å². The van der Waals surface area contributed by atoms with Crippen molar-refractivity contribution in [1.82, 2.24) is 0 Å². The lowest BCUT2D eigenvalue weighted by Crippen LogP contribution is -2.10. The monoisotopic (exact) mass is 249 g/mol. The number of benzene rings is 1. The summed E-state index contributed by atoms with van der Waals surface area (Å²) in [4.78, 5) is 20.6. The minimum Gasteiger partial charge on any atom is -0.427 e. The fourth-order valence-electron chi connectivity index (χ4n) is 1.23. The second kappa shape index (κ2) is 4.81. The van der Waals surface area contributed by atoms with Gasteiger partial charge in [0.2, 0.25) is 5.75 Å². The smallest absolute Gasteiger partial charge is 0.387 e. The minimum atomic E-state index is -3.39.